The van der Waals surface area contributed by atoms with Crippen molar-refractivity contribution >= 4 is 23.3 Å². The lowest BCUT2D eigenvalue weighted by Crippen LogP contribution is -2.37. The Morgan fingerprint density at radius 2 is 2.14 bits per heavy atom. The minimum absolute atomic E-state index is 0.0165. The Hall–Kier alpha value is -1.63. The van der Waals surface area contributed by atoms with Crippen LogP contribution in [0.5, 0.6) is 0 Å². The number of carboxylic acids is 1. The van der Waals surface area contributed by atoms with Gasteiger partial charge in [-0.1, -0.05) is 33.1 Å². The highest BCUT2D eigenvalue weighted by molar-refractivity contribution is 7.09. The quantitative estimate of drug-likeness (QED) is 0.653. The summed E-state index contributed by atoms with van der Waals surface area (Å²) in [5, 5.41) is 16.4. The molecule has 1 rings (SSSR count). The normalized spacial score (nSPS) is 11.9. The Balaban J connectivity index is 2.28. The summed E-state index contributed by atoms with van der Waals surface area (Å²) in [4.78, 5) is 26.3. The van der Waals surface area contributed by atoms with Gasteiger partial charge in [0.25, 0.3) is 0 Å². The monoisotopic (exact) mass is 313 g/mol. The van der Waals surface area contributed by atoms with Crippen molar-refractivity contribution in [1.82, 2.24) is 15.6 Å². The minimum atomic E-state index is -1.05. The molecular formula is C14H23N3O3S. The van der Waals surface area contributed by atoms with Gasteiger partial charge in [0.2, 0.25) is 0 Å². The van der Waals surface area contributed by atoms with E-state index < -0.39 is 5.97 Å². The molecule has 6 nitrogen and oxygen atoms in total. The molecule has 0 saturated heterocycles. The zero-order valence-corrected chi connectivity index (χ0v) is 13.3. The van der Waals surface area contributed by atoms with Gasteiger partial charge in [0.1, 0.15) is 5.01 Å². The summed E-state index contributed by atoms with van der Waals surface area (Å²) in [6.07, 6.45) is 4.52. The van der Waals surface area contributed by atoms with Gasteiger partial charge in [-0.3, -0.25) is 0 Å². The summed E-state index contributed by atoms with van der Waals surface area (Å²) < 4.78 is 0. The average molecular weight is 313 g/mol. The molecule has 0 fully saturated rings. The van der Waals surface area contributed by atoms with Crippen LogP contribution in [0.3, 0.4) is 0 Å². The molecule has 7 heteroatoms. The van der Waals surface area contributed by atoms with E-state index in [9.17, 15) is 9.59 Å². The molecule has 0 radical (unpaired) electrons. The molecule has 1 aromatic rings. The highest BCUT2D eigenvalue weighted by atomic mass is 32.1. The number of hydrogen-bond acceptors (Lipinski definition) is 4. The first-order chi connectivity index (χ1) is 10.1. The minimum Gasteiger partial charge on any atom is -0.476 e. The molecule has 0 aliphatic rings. The topological polar surface area (TPSA) is 91.3 Å². The second kappa shape index (κ2) is 9.33. The van der Waals surface area contributed by atoms with Crippen LogP contribution < -0.4 is 10.6 Å². The number of amides is 2. The molecule has 1 unspecified atom stereocenters. The Labute approximate surface area is 129 Å². The largest absolute Gasteiger partial charge is 0.476 e. The molecule has 21 heavy (non-hydrogen) atoms. The number of hydrogen-bond donors (Lipinski definition) is 3. The third kappa shape index (κ3) is 6.57. The number of carbonyl (C=O) groups excluding carboxylic acids is 1. The first kappa shape index (κ1) is 17.4. The van der Waals surface area contributed by atoms with E-state index in [0.29, 0.717) is 17.5 Å². The molecule has 0 aromatic carbocycles. The van der Waals surface area contributed by atoms with E-state index >= 15 is 0 Å². The molecular weight excluding hydrogens is 290 g/mol. The molecule has 1 aromatic heterocycles. The lowest BCUT2D eigenvalue weighted by Gasteiger charge is -2.15. The summed E-state index contributed by atoms with van der Waals surface area (Å²) >= 11 is 1.23. The second-order valence-corrected chi connectivity index (χ2v) is 5.85. The summed E-state index contributed by atoms with van der Waals surface area (Å²) in [5.41, 5.74) is 0.0165. The molecule has 0 aliphatic heterocycles. The average Bonchev–Trinajstić information content (AvgIpc) is 2.94. The Bertz CT molecular complexity index is 462. The van der Waals surface area contributed by atoms with Crippen LogP contribution in [0, 0.1) is 5.92 Å². The summed E-state index contributed by atoms with van der Waals surface area (Å²) in [6, 6.07) is -0.239. The van der Waals surface area contributed by atoms with Crippen molar-refractivity contribution in [2.24, 2.45) is 5.92 Å². The van der Waals surface area contributed by atoms with Crippen LogP contribution in [0.1, 0.15) is 55.0 Å². The zero-order valence-electron chi connectivity index (χ0n) is 12.5. The van der Waals surface area contributed by atoms with E-state index in [1.165, 1.54) is 29.6 Å². The predicted molar refractivity (Wildman–Crippen MR) is 82.6 cm³/mol. The van der Waals surface area contributed by atoms with E-state index in [1.807, 2.05) is 0 Å². The first-order valence-corrected chi connectivity index (χ1v) is 8.14. The molecule has 0 bridgehead atoms. The Kier molecular flexibility index (Phi) is 7.74. The number of thiazole rings is 1. The summed E-state index contributed by atoms with van der Waals surface area (Å²) in [5.74, 6) is -0.544. The van der Waals surface area contributed by atoms with E-state index in [0.717, 1.165) is 12.8 Å². The fourth-order valence-corrected chi connectivity index (χ4v) is 2.60. The number of unbranched alkanes of at least 4 members (excludes halogenated alkanes) is 1. The van der Waals surface area contributed by atoms with Gasteiger partial charge in [0.15, 0.2) is 5.69 Å². The number of carboxylic acid groups (broad SMARTS) is 1. The van der Waals surface area contributed by atoms with Crippen LogP contribution in [-0.4, -0.2) is 28.6 Å². The van der Waals surface area contributed by atoms with Crippen molar-refractivity contribution in [2.45, 2.75) is 46.1 Å². The Morgan fingerprint density at radius 1 is 1.38 bits per heavy atom. The Morgan fingerprint density at radius 3 is 2.71 bits per heavy atom. The third-order valence-electron chi connectivity index (χ3n) is 3.27. The number of aromatic nitrogens is 1. The summed E-state index contributed by atoms with van der Waals surface area (Å²) in [6.45, 7) is 5.20. The van der Waals surface area contributed by atoms with Gasteiger partial charge < -0.3 is 15.7 Å². The number of rotatable bonds is 9. The summed E-state index contributed by atoms with van der Waals surface area (Å²) in [7, 11) is 0. The van der Waals surface area contributed by atoms with Crippen molar-refractivity contribution in [3.8, 4) is 0 Å². The van der Waals surface area contributed by atoms with Gasteiger partial charge >= 0.3 is 12.0 Å². The predicted octanol–water partition coefficient (Wildman–Crippen LogP) is 2.86. The molecule has 3 N–H and O–H groups in total. The number of nitrogens with zero attached hydrogens (tertiary/aromatic N) is 1. The number of carbonyl (C=O) groups is 2. The van der Waals surface area contributed by atoms with Crippen LogP contribution in [0.4, 0.5) is 4.79 Å². The molecule has 0 saturated carbocycles. The number of nitrogens with one attached hydrogen (secondary N) is 2. The molecule has 0 spiro atoms. The molecule has 118 valence electrons. The highest BCUT2D eigenvalue weighted by Gasteiger charge is 2.10. The number of aromatic carboxylic acids is 1. The maximum atomic E-state index is 11.7. The second-order valence-electron chi connectivity index (χ2n) is 4.91. The van der Waals surface area contributed by atoms with Gasteiger partial charge in [-0.2, -0.15) is 0 Å². The lowest BCUT2D eigenvalue weighted by molar-refractivity contribution is 0.0691. The standard InChI is InChI=1S/C14H23N3O3S/c1-3-5-6-10(4-2)7-15-14(20)16-8-12-17-11(9-21-12)13(18)19/h9-10H,3-8H2,1-2H3,(H,18,19)(H2,15,16,20). The number of urea groups is 1. The van der Waals surface area contributed by atoms with E-state index in [1.54, 1.807) is 0 Å². The van der Waals surface area contributed by atoms with Gasteiger partial charge in [-0.15, -0.1) is 11.3 Å². The van der Waals surface area contributed by atoms with Crippen LogP contribution in [0.2, 0.25) is 0 Å². The molecule has 2 amide bonds. The highest BCUT2D eigenvalue weighted by Crippen LogP contribution is 2.11. The van der Waals surface area contributed by atoms with Crippen LogP contribution in [0.25, 0.3) is 0 Å². The first-order valence-electron chi connectivity index (χ1n) is 7.26. The van der Waals surface area contributed by atoms with E-state index in [-0.39, 0.29) is 18.3 Å². The van der Waals surface area contributed by atoms with Crippen molar-refractivity contribution in [2.75, 3.05) is 6.54 Å². The molecule has 0 aliphatic carbocycles. The van der Waals surface area contributed by atoms with Gasteiger partial charge in [-0.25, -0.2) is 14.6 Å². The van der Waals surface area contributed by atoms with Crippen molar-refractivity contribution in [3.05, 3.63) is 16.1 Å². The van der Waals surface area contributed by atoms with Crippen LogP contribution in [0.15, 0.2) is 5.38 Å². The fraction of sp³-hybridized carbons (Fsp3) is 0.643. The van der Waals surface area contributed by atoms with Gasteiger partial charge in [-0.05, 0) is 12.3 Å². The van der Waals surface area contributed by atoms with Crippen molar-refractivity contribution in [1.29, 1.82) is 0 Å². The fourth-order valence-electron chi connectivity index (χ4n) is 1.89. The van der Waals surface area contributed by atoms with E-state index in [4.69, 9.17) is 5.11 Å². The SMILES string of the molecule is CCCCC(CC)CNC(=O)NCc1nc(C(=O)O)cs1. The van der Waals surface area contributed by atoms with Crippen LogP contribution in [-0.2, 0) is 6.54 Å². The van der Waals surface area contributed by atoms with Gasteiger partial charge in [0, 0.05) is 11.9 Å². The van der Waals surface area contributed by atoms with Crippen molar-refractivity contribution in [3.63, 3.8) is 0 Å². The zero-order chi connectivity index (χ0) is 15.7. The lowest BCUT2D eigenvalue weighted by atomic mass is 9.99. The maximum Gasteiger partial charge on any atom is 0.355 e. The van der Waals surface area contributed by atoms with Crippen LogP contribution >= 0.6 is 11.3 Å². The van der Waals surface area contributed by atoms with E-state index in [2.05, 4.69) is 29.5 Å². The smallest absolute Gasteiger partial charge is 0.355 e. The molecule has 1 atom stereocenters. The van der Waals surface area contributed by atoms with Crippen molar-refractivity contribution < 1.29 is 14.7 Å². The maximum absolute atomic E-state index is 11.7. The molecule has 1 heterocycles. The van der Waals surface area contributed by atoms with Gasteiger partial charge in [0.05, 0.1) is 6.54 Å². The third-order valence-corrected chi connectivity index (χ3v) is 4.11.